The van der Waals surface area contributed by atoms with Gasteiger partial charge in [0.05, 0.1) is 4.91 Å². The van der Waals surface area contributed by atoms with Crippen LogP contribution in [0.4, 0.5) is 0 Å². The Labute approximate surface area is 137 Å². The largest absolute Gasteiger partial charge is 0.507 e. The van der Waals surface area contributed by atoms with Crippen LogP contribution in [-0.4, -0.2) is 37.9 Å². The van der Waals surface area contributed by atoms with Crippen molar-refractivity contribution in [2.24, 2.45) is 0 Å². The number of carbonyl (C=O) groups excluding carboxylic acids is 1. The first-order valence-electron chi connectivity index (χ1n) is 6.65. The van der Waals surface area contributed by atoms with E-state index < -0.39 is 5.97 Å². The van der Waals surface area contributed by atoms with Gasteiger partial charge < -0.3 is 10.2 Å². The number of hydrogen-bond acceptors (Lipinski definition) is 5. The fourth-order valence-corrected chi connectivity index (χ4v) is 3.31. The number of thioether (sulfide) groups is 1. The maximum Gasteiger partial charge on any atom is 0.303 e. The van der Waals surface area contributed by atoms with Crippen molar-refractivity contribution in [2.45, 2.75) is 19.8 Å². The first-order chi connectivity index (χ1) is 10.4. The Bertz CT molecular complexity index is 670. The first-order valence-corrected chi connectivity index (χ1v) is 7.87. The highest BCUT2D eigenvalue weighted by molar-refractivity contribution is 8.26. The number of nitrogens with zero attached hydrogens (tertiary/aromatic N) is 1. The molecule has 1 amide bonds. The Kier molecular flexibility index (Phi) is 5.20. The molecule has 1 fully saturated rings. The summed E-state index contributed by atoms with van der Waals surface area (Å²) in [6.07, 6.45) is 1.96. The Balaban J connectivity index is 2.15. The van der Waals surface area contributed by atoms with E-state index >= 15 is 0 Å². The number of hydrogen-bond donors (Lipinski definition) is 2. The Morgan fingerprint density at radius 2 is 2.18 bits per heavy atom. The van der Waals surface area contributed by atoms with E-state index in [9.17, 15) is 14.7 Å². The summed E-state index contributed by atoms with van der Waals surface area (Å²) in [5.41, 5.74) is 1.53. The Morgan fingerprint density at radius 1 is 1.45 bits per heavy atom. The fraction of sp³-hybridized carbons (Fsp3) is 0.267. The van der Waals surface area contributed by atoms with E-state index in [1.807, 2.05) is 6.92 Å². The molecule has 1 aliphatic heterocycles. The van der Waals surface area contributed by atoms with Crippen molar-refractivity contribution in [3.63, 3.8) is 0 Å². The zero-order valence-corrected chi connectivity index (χ0v) is 13.5. The van der Waals surface area contributed by atoms with Crippen molar-refractivity contribution in [3.8, 4) is 5.75 Å². The van der Waals surface area contributed by atoms with Crippen LogP contribution < -0.4 is 0 Å². The van der Waals surface area contributed by atoms with Crippen molar-refractivity contribution in [2.75, 3.05) is 6.54 Å². The summed E-state index contributed by atoms with van der Waals surface area (Å²) in [6.45, 7) is 2.18. The van der Waals surface area contributed by atoms with E-state index in [4.69, 9.17) is 17.3 Å². The number of rotatable bonds is 5. The maximum atomic E-state index is 12.3. The molecule has 0 spiro atoms. The second kappa shape index (κ2) is 6.93. The van der Waals surface area contributed by atoms with Crippen LogP contribution in [0.2, 0.25) is 0 Å². The quantitative estimate of drug-likeness (QED) is 0.635. The molecule has 5 nitrogen and oxygen atoms in total. The normalized spacial score (nSPS) is 16.6. The highest BCUT2D eigenvalue weighted by Crippen LogP contribution is 2.34. The van der Waals surface area contributed by atoms with Gasteiger partial charge in [-0.25, -0.2) is 0 Å². The van der Waals surface area contributed by atoms with Crippen molar-refractivity contribution >= 4 is 46.3 Å². The predicted molar refractivity (Wildman–Crippen MR) is 89.6 cm³/mol. The van der Waals surface area contributed by atoms with E-state index in [0.29, 0.717) is 21.2 Å². The molecule has 0 aliphatic carbocycles. The van der Waals surface area contributed by atoms with Gasteiger partial charge in [0.2, 0.25) is 0 Å². The summed E-state index contributed by atoms with van der Waals surface area (Å²) in [5.74, 6) is -1.05. The van der Waals surface area contributed by atoms with Crippen LogP contribution in [0, 0.1) is 6.92 Å². The van der Waals surface area contributed by atoms with Gasteiger partial charge in [-0.05, 0) is 31.6 Å². The number of phenolic OH excluding ortho intramolecular Hbond substituents is 1. The molecule has 0 atom stereocenters. The second-order valence-electron chi connectivity index (χ2n) is 4.89. The van der Waals surface area contributed by atoms with Crippen LogP contribution in [-0.2, 0) is 9.59 Å². The molecule has 0 bridgehead atoms. The lowest BCUT2D eigenvalue weighted by Gasteiger charge is -2.13. The van der Waals surface area contributed by atoms with E-state index in [1.54, 1.807) is 24.3 Å². The number of phenols is 1. The molecule has 2 N–H and O–H groups in total. The average Bonchev–Trinajstić information content (AvgIpc) is 2.70. The van der Waals surface area contributed by atoms with Crippen LogP contribution in [0.1, 0.15) is 24.0 Å². The standard InChI is InChI=1S/C15H15NO4S2/c1-9-4-5-11(17)10(7-9)8-12-14(20)16(15(21)22-12)6-2-3-13(18)19/h4-5,7-8,17H,2-3,6H2,1H3,(H,18,19). The molecule has 0 aromatic heterocycles. The van der Waals surface area contributed by atoms with Crippen molar-refractivity contribution in [1.29, 1.82) is 0 Å². The molecule has 1 heterocycles. The number of carboxylic acids is 1. The molecular weight excluding hydrogens is 322 g/mol. The minimum absolute atomic E-state index is 0.00518. The highest BCUT2D eigenvalue weighted by atomic mass is 32.2. The van der Waals surface area contributed by atoms with Gasteiger partial charge in [0.25, 0.3) is 5.91 Å². The van der Waals surface area contributed by atoms with Crippen LogP contribution in [0.3, 0.4) is 0 Å². The topological polar surface area (TPSA) is 77.8 Å². The van der Waals surface area contributed by atoms with Gasteiger partial charge >= 0.3 is 5.97 Å². The molecule has 22 heavy (non-hydrogen) atoms. The summed E-state index contributed by atoms with van der Waals surface area (Å²) in [6, 6.07) is 5.14. The lowest BCUT2D eigenvalue weighted by Crippen LogP contribution is -2.29. The number of aryl methyl sites for hydroxylation is 1. The van der Waals surface area contributed by atoms with Crippen LogP contribution >= 0.6 is 24.0 Å². The van der Waals surface area contributed by atoms with Crippen LogP contribution in [0.25, 0.3) is 6.08 Å². The number of carboxylic acid groups (broad SMARTS) is 1. The molecule has 0 radical (unpaired) electrons. The summed E-state index contributed by atoms with van der Waals surface area (Å²) >= 11 is 6.33. The summed E-state index contributed by atoms with van der Waals surface area (Å²) in [5, 5.41) is 18.5. The van der Waals surface area contributed by atoms with E-state index in [1.165, 1.54) is 4.90 Å². The van der Waals surface area contributed by atoms with Gasteiger partial charge in [-0.2, -0.15) is 0 Å². The molecule has 1 aliphatic rings. The van der Waals surface area contributed by atoms with Crippen LogP contribution in [0.5, 0.6) is 5.75 Å². The van der Waals surface area contributed by atoms with Crippen molar-refractivity contribution in [3.05, 3.63) is 34.2 Å². The predicted octanol–water partition coefficient (Wildman–Crippen LogP) is 2.77. The molecular formula is C15H15NO4S2. The van der Waals surface area contributed by atoms with Gasteiger partial charge in [0.15, 0.2) is 0 Å². The first kappa shape index (κ1) is 16.5. The molecule has 116 valence electrons. The van der Waals surface area contributed by atoms with Gasteiger partial charge in [-0.1, -0.05) is 35.6 Å². The number of benzene rings is 1. The summed E-state index contributed by atoms with van der Waals surface area (Å²) in [7, 11) is 0. The molecule has 7 heteroatoms. The minimum Gasteiger partial charge on any atom is -0.507 e. The Hall–Kier alpha value is -1.86. The van der Waals surface area contributed by atoms with Crippen LogP contribution in [0.15, 0.2) is 23.1 Å². The number of aliphatic carboxylic acids is 1. The summed E-state index contributed by atoms with van der Waals surface area (Å²) in [4.78, 5) is 24.7. The third kappa shape index (κ3) is 3.86. The van der Waals surface area contributed by atoms with Crippen molar-refractivity contribution < 1.29 is 19.8 Å². The van der Waals surface area contributed by atoms with Gasteiger partial charge in [-0.15, -0.1) is 0 Å². The average molecular weight is 337 g/mol. The molecule has 1 saturated heterocycles. The lowest BCUT2D eigenvalue weighted by molar-refractivity contribution is -0.137. The second-order valence-corrected chi connectivity index (χ2v) is 6.57. The number of aromatic hydroxyl groups is 1. The number of carbonyl (C=O) groups is 2. The highest BCUT2D eigenvalue weighted by Gasteiger charge is 2.31. The smallest absolute Gasteiger partial charge is 0.303 e. The number of amides is 1. The lowest BCUT2D eigenvalue weighted by atomic mass is 10.1. The minimum atomic E-state index is -0.898. The van der Waals surface area contributed by atoms with Gasteiger partial charge in [0, 0.05) is 18.5 Å². The summed E-state index contributed by atoms with van der Waals surface area (Å²) < 4.78 is 0.411. The molecule has 1 aromatic rings. The number of thiocarbonyl (C=S) groups is 1. The monoisotopic (exact) mass is 337 g/mol. The molecule has 0 saturated carbocycles. The molecule has 2 rings (SSSR count). The van der Waals surface area contributed by atoms with Gasteiger partial charge in [-0.3, -0.25) is 14.5 Å². The van der Waals surface area contributed by atoms with E-state index in [2.05, 4.69) is 0 Å². The van der Waals surface area contributed by atoms with Gasteiger partial charge in [0.1, 0.15) is 10.1 Å². The van der Waals surface area contributed by atoms with E-state index in [-0.39, 0.29) is 24.6 Å². The Morgan fingerprint density at radius 3 is 2.86 bits per heavy atom. The fourth-order valence-electron chi connectivity index (χ4n) is 2.01. The maximum absolute atomic E-state index is 12.3. The molecule has 0 unspecified atom stereocenters. The van der Waals surface area contributed by atoms with E-state index in [0.717, 1.165) is 17.3 Å². The zero-order chi connectivity index (χ0) is 16.3. The SMILES string of the molecule is Cc1ccc(O)c(C=C2SC(=S)N(CCCC(=O)O)C2=O)c1. The third-order valence-corrected chi connectivity index (χ3v) is 4.49. The third-order valence-electron chi connectivity index (χ3n) is 3.12. The van der Waals surface area contributed by atoms with Crippen molar-refractivity contribution in [1.82, 2.24) is 4.90 Å². The molecule has 1 aromatic carbocycles. The zero-order valence-electron chi connectivity index (χ0n) is 11.9.